The summed E-state index contributed by atoms with van der Waals surface area (Å²) in [6.07, 6.45) is 2.25. The molecule has 0 aliphatic carbocycles. The average molecular weight is 339 g/mol. The summed E-state index contributed by atoms with van der Waals surface area (Å²) in [4.78, 5) is 21.2. The van der Waals surface area contributed by atoms with E-state index in [1.165, 1.54) is 6.21 Å². The van der Waals surface area contributed by atoms with Crippen molar-refractivity contribution in [1.29, 1.82) is 0 Å². The van der Waals surface area contributed by atoms with Crippen LogP contribution in [-0.4, -0.2) is 65.0 Å². The minimum Gasteiger partial charge on any atom is -0.494 e. The summed E-state index contributed by atoms with van der Waals surface area (Å²) in [6, 6.07) is 0.00681. The molecule has 0 aromatic carbocycles. The smallest absolute Gasteiger partial charge is 0.264 e. The maximum absolute atomic E-state index is 12.0. The molecule has 0 amide bonds. The summed E-state index contributed by atoms with van der Waals surface area (Å²) in [5, 5.41) is 13.7. The van der Waals surface area contributed by atoms with Gasteiger partial charge in [0.15, 0.2) is 4.77 Å². The summed E-state index contributed by atoms with van der Waals surface area (Å²) in [6.45, 7) is 9.41. The SMILES string of the molecule is CCC(C)n1c(O)c(C=NCCN2CCNCC2)c(=O)[nH]c1=S. The second-order valence-electron chi connectivity index (χ2n) is 5.75. The van der Waals surface area contributed by atoms with Crippen molar-refractivity contribution in [3.63, 3.8) is 0 Å². The number of nitrogens with one attached hydrogen (secondary N) is 2. The monoisotopic (exact) mass is 339 g/mol. The van der Waals surface area contributed by atoms with Crippen molar-refractivity contribution in [1.82, 2.24) is 19.8 Å². The zero-order chi connectivity index (χ0) is 16.8. The van der Waals surface area contributed by atoms with Gasteiger partial charge in [-0.2, -0.15) is 0 Å². The molecule has 8 heteroatoms. The van der Waals surface area contributed by atoms with Crippen molar-refractivity contribution in [2.24, 2.45) is 4.99 Å². The van der Waals surface area contributed by atoms with Gasteiger partial charge in [0.05, 0.1) is 6.54 Å². The Kier molecular flexibility index (Phi) is 6.49. The number of hydrogen-bond donors (Lipinski definition) is 3. The van der Waals surface area contributed by atoms with Gasteiger partial charge in [-0.1, -0.05) is 6.92 Å². The predicted molar refractivity (Wildman–Crippen MR) is 94.3 cm³/mol. The zero-order valence-electron chi connectivity index (χ0n) is 13.7. The molecule has 2 rings (SSSR count). The first-order valence-electron chi connectivity index (χ1n) is 8.05. The van der Waals surface area contributed by atoms with Crippen LogP contribution in [0, 0.1) is 4.77 Å². The highest BCUT2D eigenvalue weighted by Gasteiger charge is 2.14. The molecule has 128 valence electrons. The van der Waals surface area contributed by atoms with Crippen molar-refractivity contribution < 1.29 is 5.11 Å². The number of hydrogen-bond acceptors (Lipinski definition) is 6. The van der Waals surface area contributed by atoms with Crippen molar-refractivity contribution in [3.8, 4) is 5.88 Å². The number of rotatable bonds is 6. The summed E-state index contributed by atoms with van der Waals surface area (Å²) in [5.74, 6) is -0.112. The van der Waals surface area contributed by atoms with Crippen LogP contribution < -0.4 is 10.9 Å². The highest BCUT2D eigenvalue weighted by Crippen LogP contribution is 2.19. The summed E-state index contributed by atoms with van der Waals surface area (Å²) in [7, 11) is 0. The van der Waals surface area contributed by atoms with E-state index in [-0.39, 0.29) is 22.3 Å². The van der Waals surface area contributed by atoms with Gasteiger partial charge in [-0.05, 0) is 25.6 Å². The van der Waals surface area contributed by atoms with E-state index in [0.717, 1.165) is 39.1 Å². The lowest BCUT2D eigenvalue weighted by Gasteiger charge is -2.26. The van der Waals surface area contributed by atoms with E-state index in [2.05, 4.69) is 20.2 Å². The van der Waals surface area contributed by atoms with Crippen LogP contribution in [0.25, 0.3) is 0 Å². The van der Waals surface area contributed by atoms with Gasteiger partial charge in [0, 0.05) is 45.0 Å². The van der Waals surface area contributed by atoms with Gasteiger partial charge in [-0.15, -0.1) is 0 Å². The molecule has 3 N–H and O–H groups in total. The van der Waals surface area contributed by atoms with Crippen LogP contribution in [0.5, 0.6) is 5.88 Å². The molecule has 0 radical (unpaired) electrons. The van der Waals surface area contributed by atoms with Crippen molar-refractivity contribution >= 4 is 18.4 Å². The van der Waals surface area contributed by atoms with E-state index < -0.39 is 5.56 Å². The Labute approximate surface area is 141 Å². The van der Waals surface area contributed by atoms with Gasteiger partial charge < -0.3 is 10.4 Å². The molecule has 1 aromatic heterocycles. The zero-order valence-corrected chi connectivity index (χ0v) is 14.5. The predicted octanol–water partition coefficient (Wildman–Crippen LogP) is 0.907. The first-order valence-corrected chi connectivity index (χ1v) is 8.46. The van der Waals surface area contributed by atoms with E-state index in [4.69, 9.17) is 12.2 Å². The topological polar surface area (TPSA) is 85.7 Å². The van der Waals surface area contributed by atoms with Crippen LogP contribution in [-0.2, 0) is 0 Å². The Morgan fingerprint density at radius 3 is 2.78 bits per heavy atom. The van der Waals surface area contributed by atoms with Crippen LogP contribution in [0.1, 0.15) is 31.9 Å². The molecule has 1 atom stereocenters. The molecule has 2 heterocycles. The molecule has 1 unspecified atom stereocenters. The van der Waals surface area contributed by atoms with Crippen molar-refractivity contribution in [3.05, 3.63) is 20.7 Å². The second-order valence-corrected chi connectivity index (χ2v) is 6.14. The third-order valence-corrected chi connectivity index (χ3v) is 4.46. The highest BCUT2D eigenvalue weighted by atomic mass is 32.1. The van der Waals surface area contributed by atoms with Crippen LogP contribution in [0.2, 0.25) is 0 Å². The van der Waals surface area contributed by atoms with Gasteiger partial charge in [-0.25, -0.2) is 0 Å². The Balaban J connectivity index is 2.11. The third-order valence-electron chi connectivity index (χ3n) is 4.16. The number of aromatic hydroxyl groups is 1. The summed E-state index contributed by atoms with van der Waals surface area (Å²) < 4.78 is 1.80. The molecule has 23 heavy (non-hydrogen) atoms. The third kappa shape index (κ3) is 4.49. The minimum atomic E-state index is -0.405. The number of aliphatic imine (C=N–C) groups is 1. The molecule has 1 aliphatic rings. The molecular weight excluding hydrogens is 314 g/mol. The molecule has 0 saturated carbocycles. The Morgan fingerprint density at radius 1 is 1.43 bits per heavy atom. The van der Waals surface area contributed by atoms with Crippen LogP contribution in [0.4, 0.5) is 0 Å². The first kappa shape index (κ1) is 17.8. The van der Waals surface area contributed by atoms with E-state index in [1.54, 1.807) is 4.57 Å². The van der Waals surface area contributed by atoms with E-state index in [9.17, 15) is 9.90 Å². The fourth-order valence-electron chi connectivity index (χ4n) is 2.55. The lowest BCUT2D eigenvalue weighted by atomic mass is 10.2. The van der Waals surface area contributed by atoms with Crippen molar-refractivity contribution in [2.75, 3.05) is 39.3 Å². The minimum absolute atomic E-state index is 0.00681. The molecule has 0 spiro atoms. The number of aromatic nitrogens is 2. The first-order chi connectivity index (χ1) is 11.0. The largest absolute Gasteiger partial charge is 0.494 e. The fourth-order valence-corrected chi connectivity index (χ4v) is 2.91. The summed E-state index contributed by atoms with van der Waals surface area (Å²) in [5.41, 5.74) is -0.239. The lowest BCUT2D eigenvalue weighted by Crippen LogP contribution is -2.44. The normalized spacial score (nSPS) is 17.7. The van der Waals surface area contributed by atoms with Crippen LogP contribution in [0.3, 0.4) is 0 Å². The molecule has 1 aromatic rings. The number of aromatic amines is 1. The molecule has 7 nitrogen and oxygen atoms in total. The molecule has 0 bridgehead atoms. The van der Waals surface area contributed by atoms with Crippen LogP contribution in [0.15, 0.2) is 9.79 Å². The van der Waals surface area contributed by atoms with Gasteiger partial charge in [0.25, 0.3) is 5.56 Å². The molecule has 1 fully saturated rings. The van der Waals surface area contributed by atoms with Gasteiger partial charge in [0.1, 0.15) is 5.56 Å². The number of H-pyrrole nitrogens is 1. The molecular formula is C15H25N5O2S. The number of piperazine rings is 1. The van der Waals surface area contributed by atoms with E-state index in [0.29, 0.717) is 6.54 Å². The maximum atomic E-state index is 12.0. The number of nitrogens with zero attached hydrogens (tertiary/aromatic N) is 3. The van der Waals surface area contributed by atoms with E-state index in [1.807, 2.05) is 13.8 Å². The van der Waals surface area contributed by atoms with Gasteiger partial charge in [0.2, 0.25) is 5.88 Å². The van der Waals surface area contributed by atoms with Gasteiger partial charge in [-0.3, -0.25) is 24.2 Å². The van der Waals surface area contributed by atoms with Gasteiger partial charge >= 0.3 is 0 Å². The van der Waals surface area contributed by atoms with Crippen molar-refractivity contribution in [2.45, 2.75) is 26.3 Å². The Bertz CT molecular complexity index is 661. The second kappa shape index (κ2) is 8.37. The lowest BCUT2D eigenvalue weighted by molar-refractivity contribution is 0.248. The quantitative estimate of drug-likeness (QED) is 0.530. The fraction of sp³-hybridized carbons (Fsp3) is 0.667. The van der Waals surface area contributed by atoms with E-state index >= 15 is 0 Å². The maximum Gasteiger partial charge on any atom is 0.264 e. The Hall–Kier alpha value is -1.51. The molecule has 1 aliphatic heterocycles. The summed E-state index contributed by atoms with van der Waals surface area (Å²) >= 11 is 5.14. The Morgan fingerprint density at radius 2 is 2.13 bits per heavy atom. The standard InChI is InChI=1S/C15H25N5O2S/c1-3-11(2)20-14(22)12(13(21)18-15(20)23)10-17-6-9-19-7-4-16-5-8-19/h10-11,16,22H,3-9H2,1-2H3,(H,18,21,23). The molecule has 1 saturated heterocycles. The average Bonchev–Trinajstić information content (AvgIpc) is 2.54. The van der Waals surface area contributed by atoms with Crippen LogP contribution >= 0.6 is 12.2 Å². The highest BCUT2D eigenvalue weighted by molar-refractivity contribution is 7.71.